The predicted molar refractivity (Wildman–Crippen MR) is 75.2 cm³/mol. The fourth-order valence-electron chi connectivity index (χ4n) is 3.22. The van der Waals surface area contributed by atoms with Gasteiger partial charge in [0.1, 0.15) is 5.82 Å². The van der Waals surface area contributed by atoms with E-state index < -0.39 is 0 Å². The summed E-state index contributed by atoms with van der Waals surface area (Å²) in [6.45, 7) is 3.34. The van der Waals surface area contributed by atoms with E-state index in [9.17, 15) is 4.79 Å². The maximum atomic E-state index is 12.0. The highest BCUT2D eigenvalue weighted by atomic mass is 16.2. The summed E-state index contributed by atoms with van der Waals surface area (Å²) in [4.78, 5) is 12.0. The molecule has 6 nitrogen and oxygen atoms in total. The summed E-state index contributed by atoms with van der Waals surface area (Å²) < 4.78 is 2.13. The van der Waals surface area contributed by atoms with Crippen molar-refractivity contribution >= 4 is 5.91 Å². The third kappa shape index (κ3) is 2.85. The van der Waals surface area contributed by atoms with Gasteiger partial charge in [-0.05, 0) is 26.2 Å². The molecule has 1 aliphatic carbocycles. The van der Waals surface area contributed by atoms with E-state index in [2.05, 4.69) is 25.4 Å². The van der Waals surface area contributed by atoms with Crippen LogP contribution in [0.5, 0.6) is 0 Å². The Bertz CT molecular complexity index is 478. The fourth-order valence-corrected chi connectivity index (χ4v) is 3.22. The summed E-state index contributed by atoms with van der Waals surface area (Å²) in [6.07, 6.45) is 7.07. The van der Waals surface area contributed by atoms with Crippen LogP contribution in [0.25, 0.3) is 0 Å². The quantitative estimate of drug-likeness (QED) is 0.840. The van der Waals surface area contributed by atoms with Crippen LogP contribution in [0.3, 0.4) is 0 Å². The Balaban J connectivity index is 1.50. The van der Waals surface area contributed by atoms with Crippen LogP contribution in [0, 0.1) is 0 Å². The summed E-state index contributed by atoms with van der Waals surface area (Å²) in [6, 6.07) is 0.445. The Kier molecular flexibility index (Phi) is 4.00. The van der Waals surface area contributed by atoms with Gasteiger partial charge in [-0.1, -0.05) is 12.8 Å². The van der Waals surface area contributed by atoms with Crippen molar-refractivity contribution in [3.63, 3.8) is 0 Å². The van der Waals surface area contributed by atoms with E-state index in [1.54, 1.807) is 0 Å². The molecule has 2 heterocycles. The topological polar surface area (TPSA) is 71.8 Å². The maximum Gasteiger partial charge on any atom is 0.234 e. The van der Waals surface area contributed by atoms with Gasteiger partial charge in [-0.15, -0.1) is 10.2 Å². The van der Waals surface area contributed by atoms with E-state index in [4.69, 9.17) is 0 Å². The molecular formula is C14H23N5O. The molecule has 0 radical (unpaired) electrons. The second-order valence-electron chi connectivity index (χ2n) is 5.88. The van der Waals surface area contributed by atoms with Crippen LogP contribution in [0.15, 0.2) is 0 Å². The predicted octanol–water partition coefficient (Wildman–Crippen LogP) is 0.934. The summed E-state index contributed by atoms with van der Waals surface area (Å²) in [7, 11) is 0. The first-order chi connectivity index (χ1) is 9.74. The molecule has 110 valence electrons. The standard InChI is InChI=1S/C14H23N5O/c1-10(14-18-17-12-7-4-8-19(12)14)16-13(20)9-15-11-5-2-3-6-11/h10-11,15H,2-9H2,1H3,(H,16,20). The van der Waals surface area contributed by atoms with Gasteiger partial charge in [0.05, 0.1) is 12.6 Å². The Hall–Kier alpha value is -1.43. The van der Waals surface area contributed by atoms with Crippen molar-refractivity contribution < 1.29 is 4.79 Å². The molecule has 0 saturated heterocycles. The zero-order chi connectivity index (χ0) is 13.9. The highest BCUT2D eigenvalue weighted by Crippen LogP contribution is 2.19. The van der Waals surface area contributed by atoms with Crippen molar-refractivity contribution in [1.29, 1.82) is 0 Å². The van der Waals surface area contributed by atoms with Crippen LogP contribution < -0.4 is 10.6 Å². The van der Waals surface area contributed by atoms with Gasteiger partial charge < -0.3 is 15.2 Å². The van der Waals surface area contributed by atoms with Crippen molar-refractivity contribution in [2.24, 2.45) is 0 Å². The van der Waals surface area contributed by atoms with Crippen molar-refractivity contribution in [1.82, 2.24) is 25.4 Å². The third-order valence-electron chi connectivity index (χ3n) is 4.31. The first-order valence-corrected chi connectivity index (χ1v) is 7.69. The molecule has 1 atom stereocenters. The molecule has 0 spiro atoms. The second kappa shape index (κ2) is 5.91. The Morgan fingerprint density at radius 2 is 2.15 bits per heavy atom. The molecule has 1 aliphatic heterocycles. The molecule has 2 N–H and O–H groups in total. The molecule has 0 bridgehead atoms. The van der Waals surface area contributed by atoms with E-state index in [1.807, 2.05) is 6.92 Å². The van der Waals surface area contributed by atoms with Crippen LogP contribution in [0.4, 0.5) is 0 Å². The number of rotatable bonds is 5. The number of fused-ring (bicyclic) bond motifs is 1. The Morgan fingerprint density at radius 1 is 1.35 bits per heavy atom. The molecule has 1 aromatic rings. The van der Waals surface area contributed by atoms with Crippen LogP contribution in [0.2, 0.25) is 0 Å². The average Bonchev–Trinajstić information content (AvgIpc) is 3.13. The lowest BCUT2D eigenvalue weighted by Crippen LogP contribution is -2.39. The van der Waals surface area contributed by atoms with Crippen molar-refractivity contribution in [2.45, 2.75) is 64.1 Å². The average molecular weight is 277 g/mol. The number of carbonyl (C=O) groups excluding carboxylic acids is 1. The first-order valence-electron chi connectivity index (χ1n) is 7.69. The van der Waals surface area contributed by atoms with E-state index in [0.717, 1.165) is 31.0 Å². The Labute approximate surface area is 119 Å². The lowest BCUT2D eigenvalue weighted by atomic mass is 10.2. The van der Waals surface area contributed by atoms with Gasteiger partial charge in [-0.3, -0.25) is 4.79 Å². The SMILES string of the molecule is CC(NC(=O)CNC1CCCC1)c1nnc2n1CCC2. The molecule has 1 amide bonds. The van der Waals surface area contributed by atoms with Crippen molar-refractivity contribution in [2.75, 3.05) is 6.54 Å². The van der Waals surface area contributed by atoms with Crippen LogP contribution in [-0.4, -0.2) is 33.3 Å². The first kappa shape index (κ1) is 13.5. The Morgan fingerprint density at radius 3 is 2.95 bits per heavy atom. The summed E-state index contributed by atoms with van der Waals surface area (Å²) >= 11 is 0. The highest BCUT2D eigenvalue weighted by molar-refractivity contribution is 5.78. The number of nitrogens with one attached hydrogen (secondary N) is 2. The molecule has 1 aromatic heterocycles. The molecule has 0 aromatic carbocycles. The number of amides is 1. The smallest absolute Gasteiger partial charge is 0.234 e. The van der Waals surface area contributed by atoms with Gasteiger partial charge in [0.25, 0.3) is 0 Å². The van der Waals surface area contributed by atoms with E-state index in [1.165, 1.54) is 25.7 Å². The summed E-state index contributed by atoms with van der Waals surface area (Å²) in [5, 5.41) is 14.7. The maximum absolute atomic E-state index is 12.0. The number of hydrogen-bond acceptors (Lipinski definition) is 4. The molecule has 2 aliphatic rings. The minimum absolute atomic E-state index is 0.0414. The van der Waals surface area contributed by atoms with Crippen LogP contribution in [0.1, 0.15) is 56.7 Å². The van der Waals surface area contributed by atoms with E-state index in [-0.39, 0.29) is 11.9 Å². The molecular weight excluding hydrogens is 254 g/mol. The van der Waals surface area contributed by atoms with Crippen molar-refractivity contribution in [3.8, 4) is 0 Å². The number of carbonyl (C=O) groups is 1. The monoisotopic (exact) mass is 277 g/mol. The minimum Gasteiger partial charge on any atom is -0.345 e. The van der Waals surface area contributed by atoms with Gasteiger partial charge in [0.15, 0.2) is 5.82 Å². The largest absolute Gasteiger partial charge is 0.345 e. The number of aromatic nitrogens is 3. The van der Waals surface area contributed by atoms with Gasteiger partial charge in [0.2, 0.25) is 5.91 Å². The molecule has 1 saturated carbocycles. The van der Waals surface area contributed by atoms with E-state index >= 15 is 0 Å². The normalized spacial score (nSPS) is 20.1. The lowest BCUT2D eigenvalue weighted by Gasteiger charge is -2.16. The van der Waals surface area contributed by atoms with E-state index in [0.29, 0.717) is 12.6 Å². The molecule has 1 fully saturated rings. The zero-order valence-corrected chi connectivity index (χ0v) is 12.1. The number of hydrogen-bond donors (Lipinski definition) is 2. The summed E-state index contributed by atoms with van der Waals surface area (Å²) in [5.41, 5.74) is 0. The number of aryl methyl sites for hydroxylation is 1. The molecule has 3 rings (SSSR count). The van der Waals surface area contributed by atoms with Gasteiger partial charge in [0, 0.05) is 19.0 Å². The van der Waals surface area contributed by atoms with Gasteiger partial charge in [-0.25, -0.2) is 0 Å². The van der Waals surface area contributed by atoms with Gasteiger partial charge in [-0.2, -0.15) is 0 Å². The van der Waals surface area contributed by atoms with Crippen LogP contribution in [-0.2, 0) is 17.8 Å². The number of nitrogens with zero attached hydrogens (tertiary/aromatic N) is 3. The summed E-state index contributed by atoms with van der Waals surface area (Å²) in [5.74, 6) is 1.97. The zero-order valence-electron chi connectivity index (χ0n) is 12.1. The molecule has 20 heavy (non-hydrogen) atoms. The lowest BCUT2D eigenvalue weighted by molar-refractivity contribution is -0.121. The third-order valence-corrected chi connectivity index (χ3v) is 4.31. The van der Waals surface area contributed by atoms with Crippen molar-refractivity contribution in [3.05, 3.63) is 11.6 Å². The van der Waals surface area contributed by atoms with Gasteiger partial charge >= 0.3 is 0 Å². The molecule has 1 unspecified atom stereocenters. The highest BCUT2D eigenvalue weighted by Gasteiger charge is 2.22. The second-order valence-corrected chi connectivity index (χ2v) is 5.88. The molecule has 6 heteroatoms. The minimum atomic E-state index is -0.0766. The van der Waals surface area contributed by atoms with Crippen LogP contribution >= 0.6 is 0 Å². The fraction of sp³-hybridized carbons (Fsp3) is 0.786.